The van der Waals surface area contributed by atoms with Crippen LogP contribution in [0.4, 0.5) is 11.4 Å². The summed E-state index contributed by atoms with van der Waals surface area (Å²) in [4.78, 5) is 16.9. The zero-order chi connectivity index (χ0) is 25.0. The summed E-state index contributed by atoms with van der Waals surface area (Å²) in [5.41, 5.74) is 4.16. The average Bonchev–Trinajstić information content (AvgIpc) is 2.86. The van der Waals surface area contributed by atoms with Gasteiger partial charge in [-0.1, -0.05) is 23.7 Å². The van der Waals surface area contributed by atoms with Crippen molar-refractivity contribution in [1.82, 2.24) is 4.90 Å². The molecule has 4 rings (SSSR count). The van der Waals surface area contributed by atoms with Gasteiger partial charge in [0.15, 0.2) is 6.61 Å². The van der Waals surface area contributed by atoms with E-state index in [1.54, 1.807) is 41.3 Å². The molecular formula is C26H28ClN3O4S. The molecule has 0 aliphatic carbocycles. The molecule has 7 nitrogen and oxygen atoms in total. The van der Waals surface area contributed by atoms with Crippen molar-refractivity contribution in [2.24, 2.45) is 0 Å². The summed E-state index contributed by atoms with van der Waals surface area (Å²) < 4.78 is 33.3. The molecule has 0 spiro atoms. The number of carbonyl (C=O) groups excluding carboxylic acids is 1. The van der Waals surface area contributed by atoms with E-state index in [0.29, 0.717) is 29.5 Å². The average molecular weight is 514 g/mol. The van der Waals surface area contributed by atoms with Gasteiger partial charge in [0.05, 0.1) is 4.90 Å². The lowest BCUT2D eigenvalue weighted by Crippen LogP contribution is -2.50. The first-order chi connectivity index (χ1) is 16.7. The highest BCUT2D eigenvalue weighted by atomic mass is 35.5. The lowest BCUT2D eigenvalue weighted by molar-refractivity contribution is -0.133. The van der Waals surface area contributed by atoms with Crippen LogP contribution in [0.25, 0.3) is 0 Å². The molecule has 3 aromatic carbocycles. The maximum absolute atomic E-state index is 12.7. The van der Waals surface area contributed by atoms with Gasteiger partial charge in [0.1, 0.15) is 5.75 Å². The molecule has 35 heavy (non-hydrogen) atoms. The molecule has 1 fully saturated rings. The van der Waals surface area contributed by atoms with E-state index in [-0.39, 0.29) is 17.4 Å². The van der Waals surface area contributed by atoms with E-state index in [2.05, 4.69) is 41.7 Å². The Morgan fingerprint density at radius 2 is 1.60 bits per heavy atom. The predicted octanol–water partition coefficient (Wildman–Crippen LogP) is 4.49. The Labute approximate surface area is 211 Å². The third-order valence-corrected chi connectivity index (χ3v) is 7.79. The molecule has 0 aromatic heterocycles. The smallest absolute Gasteiger partial charge is 0.261 e. The van der Waals surface area contributed by atoms with Crippen LogP contribution in [-0.2, 0) is 14.8 Å². The largest absolute Gasteiger partial charge is 0.484 e. The second-order valence-electron chi connectivity index (χ2n) is 8.46. The Bertz CT molecular complexity index is 1290. The highest BCUT2D eigenvalue weighted by Crippen LogP contribution is 2.24. The predicted molar refractivity (Wildman–Crippen MR) is 139 cm³/mol. The van der Waals surface area contributed by atoms with E-state index in [0.717, 1.165) is 13.1 Å². The minimum absolute atomic E-state index is 0.0910. The minimum atomic E-state index is -3.75. The van der Waals surface area contributed by atoms with Gasteiger partial charge in [0, 0.05) is 42.6 Å². The maximum atomic E-state index is 12.7. The highest BCUT2D eigenvalue weighted by Gasteiger charge is 2.23. The van der Waals surface area contributed by atoms with Crippen LogP contribution in [0, 0.1) is 13.8 Å². The van der Waals surface area contributed by atoms with E-state index in [4.69, 9.17) is 16.3 Å². The van der Waals surface area contributed by atoms with Crippen molar-refractivity contribution in [2.45, 2.75) is 18.7 Å². The molecule has 1 heterocycles. The number of anilines is 2. The van der Waals surface area contributed by atoms with Crippen molar-refractivity contribution >= 4 is 38.9 Å². The van der Waals surface area contributed by atoms with Crippen LogP contribution in [0.5, 0.6) is 5.75 Å². The molecule has 184 valence electrons. The Morgan fingerprint density at radius 1 is 0.943 bits per heavy atom. The van der Waals surface area contributed by atoms with E-state index in [9.17, 15) is 13.2 Å². The lowest BCUT2D eigenvalue weighted by Gasteiger charge is -2.37. The molecule has 9 heteroatoms. The summed E-state index contributed by atoms with van der Waals surface area (Å²) in [6.45, 7) is 6.92. The van der Waals surface area contributed by atoms with Crippen LogP contribution >= 0.6 is 11.6 Å². The van der Waals surface area contributed by atoms with Crippen molar-refractivity contribution in [3.05, 3.63) is 82.9 Å². The van der Waals surface area contributed by atoms with Crippen LogP contribution in [0.3, 0.4) is 0 Å². The maximum Gasteiger partial charge on any atom is 0.261 e. The van der Waals surface area contributed by atoms with Crippen LogP contribution in [-0.4, -0.2) is 52.0 Å². The zero-order valence-corrected chi connectivity index (χ0v) is 21.3. The van der Waals surface area contributed by atoms with E-state index in [1.165, 1.54) is 28.9 Å². The van der Waals surface area contributed by atoms with Crippen LogP contribution in [0.2, 0.25) is 5.02 Å². The zero-order valence-electron chi connectivity index (χ0n) is 19.7. The SMILES string of the molecule is Cc1cccc(N2CCN(C(=O)COc3ccc(S(=O)(=O)Nc4ccc(Cl)cc4)cc3)CC2)c1C. The number of nitrogens with zero attached hydrogens (tertiary/aromatic N) is 2. The van der Waals surface area contributed by atoms with Gasteiger partial charge >= 0.3 is 0 Å². The number of piperazine rings is 1. The number of benzene rings is 3. The number of carbonyl (C=O) groups is 1. The number of rotatable bonds is 7. The Hall–Kier alpha value is -3.23. The Kier molecular flexibility index (Phi) is 7.52. The summed E-state index contributed by atoms with van der Waals surface area (Å²) in [5.74, 6) is 0.338. The molecule has 3 aromatic rings. The molecule has 1 aliphatic rings. The van der Waals surface area contributed by atoms with Gasteiger partial charge in [0.25, 0.3) is 15.9 Å². The Balaban J connectivity index is 1.28. The van der Waals surface area contributed by atoms with Gasteiger partial charge in [-0.05, 0) is 79.6 Å². The molecule has 0 atom stereocenters. The number of aryl methyl sites for hydroxylation is 1. The first-order valence-electron chi connectivity index (χ1n) is 11.3. The van der Waals surface area contributed by atoms with Gasteiger partial charge in [-0.25, -0.2) is 8.42 Å². The quantitative estimate of drug-likeness (QED) is 0.503. The number of nitrogens with one attached hydrogen (secondary N) is 1. The van der Waals surface area contributed by atoms with Crippen LogP contribution < -0.4 is 14.4 Å². The first kappa shape index (κ1) is 24.9. The van der Waals surface area contributed by atoms with Crippen molar-refractivity contribution in [2.75, 3.05) is 42.4 Å². The summed E-state index contributed by atoms with van der Waals surface area (Å²) in [5, 5.41) is 0.521. The second kappa shape index (κ2) is 10.6. The minimum Gasteiger partial charge on any atom is -0.484 e. The summed E-state index contributed by atoms with van der Waals surface area (Å²) in [6.07, 6.45) is 0. The molecule has 0 bridgehead atoms. The molecule has 0 saturated carbocycles. The van der Waals surface area contributed by atoms with Crippen molar-refractivity contribution in [3.63, 3.8) is 0 Å². The number of ether oxygens (including phenoxy) is 1. The van der Waals surface area contributed by atoms with Crippen molar-refractivity contribution < 1.29 is 17.9 Å². The third-order valence-electron chi connectivity index (χ3n) is 6.14. The number of halogens is 1. The number of amides is 1. The lowest BCUT2D eigenvalue weighted by atomic mass is 10.1. The molecule has 0 unspecified atom stereocenters. The van der Waals surface area contributed by atoms with Gasteiger partial charge in [-0.15, -0.1) is 0 Å². The number of hydrogen-bond acceptors (Lipinski definition) is 5. The van der Waals surface area contributed by atoms with E-state index < -0.39 is 10.0 Å². The van der Waals surface area contributed by atoms with Crippen molar-refractivity contribution in [3.8, 4) is 5.75 Å². The van der Waals surface area contributed by atoms with Crippen LogP contribution in [0.1, 0.15) is 11.1 Å². The molecule has 1 N–H and O–H groups in total. The van der Waals surface area contributed by atoms with Gasteiger partial charge in [0.2, 0.25) is 0 Å². The van der Waals surface area contributed by atoms with E-state index in [1.807, 2.05) is 0 Å². The molecule has 1 amide bonds. The number of sulfonamides is 1. The van der Waals surface area contributed by atoms with Crippen LogP contribution in [0.15, 0.2) is 71.6 Å². The normalized spacial score (nSPS) is 14.0. The Morgan fingerprint density at radius 3 is 2.26 bits per heavy atom. The molecule has 1 saturated heterocycles. The third kappa shape index (κ3) is 6.07. The summed E-state index contributed by atoms with van der Waals surface area (Å²) in [7, 11) is -3.75. The van der Waals surface area contributed by atoms with Gasteiger partial charge < -0.3 is 14.5 Å². The fraction of sp³-hybridized carbons (Fsp3) is 0.269. The fourth-order valence-electron chi connectivity index (χ4n) is 3.96. The van der Waals surface area contributed by atoms with E-state index >= 15 is 0 Å². The second-order valence-corrected chi connectivity index (χ2v) is 10.6. The molecular weight excluding hydrogens is 486 g/mol. The van der Waals surface area contributed by atoms with Gasteiger partial charge in [-0.2, -0.15) is 0 Å². The summed E-state index contributed by atoms with van der Waals surface area (Å²) in [6, 6.07) is 18.7. The first-order valence-corrected chi connectivity index (χ1v) is 13.2. The summed E-state index contributed by atoms with van der Waals surface area (Å²) >= 11 is 5.84. The standard InChI is InChI=1S/C26H28ClN3O4S/c1-19-4-3-5-25(20(19)2)29-14-16-30(17-15-29)26(31)18-34-23-10-12-24(13-11-23)35(32,33)28-22-8-6-21(27)7-9-22/h3-13,28H,14-18H2,1-2H3. The van der Waals surface area contributed by atoms with Crippen molar-refractivity contribution in [1.29, 1.82) is 0 Å². The highest BCUT2D eigenvalue weighted by molar-refractivity contribution is 7.92. The fourth-order valence-corrected chi connectivity index (χ4v) is 5.14. The molecule has 1 aliphatic heterocycles. The monoisotopic (exact) mass is 513 g/mol. The topological polar surface area (TPSA) is 79.0 Å². The molecule has 0 radical (unpaired) electrons. The number of hydrogen-bond donors (Lipinski definition) is 1. The van der Waals surface area contributed by atoms with Gasteiger partial charge in [-0.3, -0.25) is 9.52 Å².